The second kappa shape index (κ2) is 8.37. The van der Waals surface area contributed by atoms with Gasteiger partial charge in [-0.25, -0.2) is 5.14 Å². The first-order valence-corrected chi connectivity index (χ1v) is 10.7. The van der Waals surface area contributed by atoms with Crippen LogP contribution in [-0.4, -0.2) is 55.5 Å². The van der Waals surface area contributed by atoms with E-state index in [0.717, 1.165) is 22.8 Å². The molecule has 1 amide bonds. The minimum Gasteiger partial charge on any atom is -0.456 e. The van der Waals surface area contributed by atoms with Crippen molar-refractivity contribution in [2.24, 2.45) is 5.14 Å². The number of hydrogen-bond donors (Lipinski definition) is 1. The van der Waals surface area contributed by atoms with E-state index >= 15 is 0 Å². The maximum atomic E-state index is 12.5. The molecule has 1 aromatic rings. The summed E-state index contributed by atoms with van der Waals surface area (Å²) in [6.07, 6.45) is 2.35. The van der Waals surface area contributed by atoms with Crippen LogP contribution < -0.4 is 5.14 Å². The van der Waals surface area contributed by atoms with E-state index in [2.05, 4.69) is 6.92 Å². The predicted molar refractivity (Wildman–Crippen MR) is 95.1 cm³/mol. The zero-order valence-electron chi connectivity index (χ0n) is 14.2. The third kappa shape index (κ3) is 4.98. The topological polar surface area (TPSA) is 96.9 Å². The lowest BCUT2D eigenvalue weighted by molar-refractivity contribution is 0.0664. The number of nitrogens with zero attached hydrogens (tertiary/aromatic N) is 2. The fourth-order valence-electron chi connectivity index (χ4n) is 2.50. The lowest BCUT2D eigenvalue weighted by Gasteiger charge is -2.32. The summed E-state index contributed by atoms with van der Waals surface area (Å²) >= 11 is 1.84. The van der Waals surface area contributed by atoms with E-state index in [1.54, 1.807) is 4.90 Å². The summed E-state index contributed by atoms with van der Waals surface area (Å²) in [5.41, 5.74) is 1.04. The molecule has 2 heterocycles. The summed E-state index contributed by atoms with van der Waals surface area (Å²) in [6, 6.07) is 1.81. The summed E-state index contributed by atoms with van der Waals surface area (Å²) < 4.78 is 29.4. The number of furan rings is 1. The number of carbonyl (C=O) groups is 1. The Labute approximate surface area is 147 Å². The molecule has 0 atom stereocenters. The van der Waals surface area contributed by atoms with Crippen molar-refractivity contribution in [2.75, 3.05) is 31.9 Å². The van der Waals surface area contributed by atoms with Crippen LogP contribution in [-0.2, 0) is 16.0 Å². The minimum atomic E-state index is -3.69. The average molecular weight is 376 g/mol. The lowest BCUT2D eigenvalue weighted by Crippen LogP contribution is -2.52. The van der Waals surface area contributed by atoms with Gasteiger partial charge in [0.05, 0.1) is 0 Å². The van der Waals surface area contributed by atoms with Crippen molar-refractivity contribution in [3.8, 4) is 0 Å². The van der Waals surface area contributed by atoms with E-state index in [1.807, 2.05) is 24.8 Å². The highest BCUT2D eigenvalue weighted by atomic mass is 32.2. The van der Waals surface area contributed by atoms with Crippen LogP contribution in [0.25, 0.3) is 0 Å². The van der Waals surface area contributed by atoms with Crippen LogP contribution >= 0.6 is 11.8 Å². The summed E-state index contributed by atoms with van der Waals surface area (Å²) in [5, 5.41) is 5.11. The molecule has 0 saturated carbocycles. The number of rotatable bonds is 7. The predicted octanol–water partition coefficient (Wildman–Crippen LogP) is 1.58. The Balaban J connectivity index is 1.93. The van der Waals surface area contributed by atoms with E-state index in [4.69, 9.17) is 9.56 Å². The molecule has 0 bridgehead atoms. The Bertz CT molecular complexity index is 664. The smallest absolute Gasteiger partial charge is 0.289 e. The highest BCUT2D eigenvalue weighted by Crippen LogP contribution is 2.22. The van der Waals surface area contributed by atoms with Gasteiger partial charge in [-0.1, -0.05) is 13.3 Å². The van der Waals surface area contributed by atoms with Gasteiger partial charge in [0.25, 0.3) is 16.1 Å². The van der Waals surface area contributed by atoms with Gasteiger partial charge < -0.3 is 9.32 Å². The van der Waals surface area contributed by atoms with E-state index in [0.29, 0.717) is 18.8 Å². The Hall–Kier alpha value is -1.03. The van der Waals surface area contributed by atoms with Crippen LogP contribution in [0.4, 0.5) is 0 Å². The van der Waals surface area contributed by atoms with Gasteiger partial charge in [0, 0.05) is 37.5 Å². The van der Waals surface area contributed by atoms with Crippen molar-refractivity contribution in [1.82, 2.24) is 9.21 Å². The van der Waals surface area contributed by atoms with Crippen molar-refractivity contribution in [2.45, 2.75) is 32.4 Å². The maximum absolute atomic E-state index is 12.5. The van der Waals surface area contributed by atoms with Crippen molar-refractivity contribution in [1.29, 1.82) is 0 Å². The molecule has 0 aromatic carbocycles. The molecular weight excluding hydrogens is 350 g/mol. The number of nitrogens with two attached hydrogens (primary N) is 1. The highest BCUT2D eigenvalue weighted by Gasteiger charge is 2.28. The van der Waals surface area contributed by atoms with Gasteiger partial charge in [0.2, 0.25) is 0 Å². The zero-order chi connectivity index (χ0) is 17.7. The van der Waals surface area contributed by atoms with Gasteiger partial charge >= 0.3 is 0 Å². The normalized spacial score (nSPS) is 16.5. The number of amides is 1. The molecular formula is C15H25N3O4S2. The third-order valence-corrected chi connectivity index (χ3v) is 6.19. The molecule has 24 heavy (non-hydrogen) atoms. The van der Waals surface area contributed by atoms with E-state index in [9.17, 15) is 13.2 Å². The van der Waals surface area contributed by atoms with Crippen LogP contribution in [0.1, 0.15) is 41.6 Å². The molecule has 0 spiro atoms. The van der Waals surface area contributed by atoms with Gasteiger partial charge in [-0.3, -0.25) is 4.79 Å². The molecule has 1 aliphatic rings. The number of aryl methyl sites for hydroxylation is 1. The number of thioether (sulfide) groups is 1. The fraction of sp³-hybridized carbons (Fsp3) is 0.667. The first kappa shape index (κ1) is 19.3. The second-order valence-electron chi connectivity index (χ2n) is 5.83. The van der Waals surface area contributed by atoms with Crippen molar-refractivity contribution >= 4 is 27.9 Å². The molecule has 1 saturated heterocycles. The fourth-order valence-corrected chi connectivity index (χ4v) is 4.31. The summed E-state index contributed by atoms with van der Waals surface area (Å²) in [5.74, 6) is 2.83. The summed E-state index contributed by atoms with van der Waals surface area (Å²) in [6.45, 7) is 5.08. The van der Waals surface area contributed by atoms with Gasteiger partial charge in [0.15, 0.2) is 5.76 Å². The lowest BCUT2D eigenvalue weighted by atomic mass is 10.2. The number of piperazine rings is 1. The molecule has 1 aliphatic heterocycles. The highest BCUT2D eigenvalue weighted by molar-refractivity contribution is 7.98. The van der Waals surface area contributed by atoms with Gasteiger partial charge in [0.1, 0.15) is 5.76 Å². The molecule has 136 valence electrons. The van der Waals surface area contributed by atoms with Gasteiger partial charge in [-0.2, -0.15) is 24.5 Å². The van der Waals surface area contributed by atoms with E-state index in [-0.39, 0.29) is 19.0 Å². The van der Waals surface area contributed by atoms with Crippen molar-refractivity contribution in [3.05, 3.63) is 23.2 Å². The SMILES string of the molecule is CCCCSCc1cc(C(=O)N2CCN(S(N)(=O)=O)CC2)oc1C. The minimum absolute atomic E-state index is 0.197. The largest absolute Gasteiger partial charge is 0.456 e. The average Bonchev–Trinajstić information content (AvgIpc) is 2.91. The monoisotopic (exact) mass is 375 g/mol. The first-order chi connectivity index (χ1) is 11.3. The van der Waals surface area contributed by atoms with Crippen LogP contribution in [0.5, 0.6) is 0 Å². The van der Waals surface area contributed by atoms with Crippen molar-refractivity contribution in [3.63, 3.8) is 0 Å². The molecule has 9 heteroatoms. The molecule has 7 nitrogen and oxygen atoms in total. The molecule has 2 N–H and O–H groups in total. The Morgan fingerprint density at radius 3 is 2.58 bits per heavy atom. The van der Waals surface area contributed by atoms with Crippen LogP contribution in [0.2, 0.25) is 0 Å². The quantitative estimate of drug-likeness (QED) is 0.730. The van der Waals surface area contributed by atoms with Gasteiger partial charge in [-0.05, 0) is 25.2 Å². The number of unbranched alkanes of at least 4 members (excludes halogenated alkanes) is 1. The Morgan fingerprint density at radius 1 is 1.33 bits per heavy atom. The molecule has 1 fully saturated rings. The molecule has 0 aliphatic carbocycles. The molecule has 2 rings (SSSR count). The Kier molecular flexibility index (Phi) is 6.73. The van der Waals surface area contributed by atoms with E-state index in [1.165, 1.54) is 17.1 Å². The third-order valence-electron chi connectivity index (χ3n) is 4.02. The zero-order valence-corrected chi connectivity index (χ0v) is 15.8. The standard InChI is InChI=1S/C15H25N3O4S2/c1-3-4-9-23-11-13-10-14(22-12(13)2)15(19)17-5-7-18(8-6-17)24(16,20)21/h10H,3-9,11H2,1-2H3,(H2,16,20,21). The first-order valence-electron chi connectivity index (χ1n) is 8.07. The van der Waals surface area contributed by atoms with Crippen LogP contribution in [0.15, 0.2) is 10.5 Å². The number of hydrogen-bond acceptors (Lipinski definition) is 5. The summed E-state index contributed by atoms with van der Waals surface area (Å²) in [4.78, 5) is 14.1. The van der Waals surface area contributed by atoms with Crippen LogP contribution in [0, 0.1) is 6.92 Å². The molecule has 1 aromatic heterocycles. The van der Waals surface area contributed by atoms with Gasteiger partial charge in [-0.15, -0.1) is 0 Å². The number of carbonyl (C=O) groups excluding carboxylic acids is 1. The van der Waals surface area contributed by atoms with Crippen LogP contribution in [0.3, 0.4) is 0 Å². The second-order valence-corrected chi connectivity index (χ2v) is 8.49. The Morgan fingerprint density at radius 2 is 2.00 bits per heavy atom. The maximum Gasteiger partial charge on any atom is 0.289 e. The molecule has 0 radical (unpaired) electrons. The summed E-state index contributed by atoms with van der Waals surface area (Å²) in [7, 11) is -3.69. The van der Waals surface area contributed by atoms with Crippen molar-refractivity contribution < 1.29 is 17.6 Å². The van der Waals surface area contributed by atoms with E-state index < -0.39 is 10.2 Å². The molecule has 0 unspecified atom stereocenters.